The first-order chi connectivity index (χ1) is 7.65. The van der Waals surface area contributed by atoms with Gasteiger partial charge in [-0.2, -0.15) is 0 Å². The normalized spacial score (nSPS) is 9.94. The fourth-order valence-corrected chi connectivity index (χ4v) is 1.75. The largest absolute Gasteiger partial charge is 0.466 e. The Balaban J connectivity index is 2.43. The van der Waals surface area contributed by atoms with Crippen LogP contribution in [0.25, 0.3) is 0 Å². The van der Waals surface area contributed by atoms with Gasteiger partial charge in [0.1, 0.15) is 0 Å². The van der Waals surface area contributed by atoms with Crippen molar-refractivity contribution in [1.29, 1.82) is 0 Å². The Labute approximate surface area is 108 Å². The van der Waals surface area contributed by atoms with Gasteiger partial charge in [-0.05, 0) is 35.0 Å². The average Bonchev–Trinajstić information content (AvgIpc) is 2.25. The lowest BCUT2D eigenvalue weighted by Crippen LogP contribution is -2.11. The van der Waals surface area contributed by atoms with Gasteiger partial charge in [0.15, 0.2) is 0 Å². The quantitative estimate of drug-likeness (QED) is 0.847. The minimum absolute atomic E-state index is 0.201. The van der Waals surface area contributed by atoms with Crippen molar-refractivity contribution in [2.24, 2.45) is 0 Å². The summed E-state index contributed by atoms with van der Waals surface area (Å²) in [5.41, 5.74) is 0.872. The van der Waals surface area contributed by atoms with E-state index in [-0.39, 0.29) is 5.97 Å². The van der Waals surface area contributed by atoms with Crippen LogP contribution in [0.2, 0.25) is 5.02 Å². The maximum absolute atomic E-state index is 11.1. The smallest absolute Gasteiger partial charge is 0.307 e. The summed E-state index contributed by atoms with van der Waals surface area (Å²) in [6.07, 6.45) is 0.340. The number of anilines is 1. The number of nitrogens with one attached hydrogen (secondary N) is 1. The van der Waals surface area contributed by atoms with Crippen molar-refractivity contribution in [3.8, 4) is 0 Å². The van der Waals surface area contributed by atoms with E-state index in [0.29, 0.717) is 24.6 Å². The van der Waals surface area contributed by atoms with Crippen molar-refractivity contribution >= 4 is 39.2 Å². The number of hydrogen-bond donors (Lipinski definition) is 1. The van der Waals surface area contributed by atoms with Gasteiger partial charge in [0, 0.05) is 12.2 Å². The highest BCUT2D eigenvalue weighted by Crippen LogP contribution is 2.29. The number of ether oxygens (including phenoxy) is 1. The fraction of sp³-hybridized carbons (Fsp3) is 0.364. The summed E-state index contributed by atoms with van der Waals surface area (Å²) in [5.74, 6) is -0.201. The molecule has 1 N–H and O–H groups in total. The van der Waals surface area contributed by atoms with Crippen molar-refractivity contribution in [2.75, 3.05) is 18.5 Å². The molecule has 5 heteroatoms. The van der Waals surface area contributed by atoms with Gasteiger partial charge in [0.25, 0.3) is 0 Å². The van der Waals surface area contributed by atoms with Crippen LogP contribution in [0, 0.1) is 0 Å². The molecule has 0 aliphatic carbocycles. The zero-order valence-corrected chi connectivity index (χ0v) is 11.3. The second-order valence-electron chi connectivity index (χ2n) is 3.08. The molecule has 1 aromatic rings. The van der Waals surface area contributed by atoms with E-state index < -0.39 is 0 Å². The molecule has 0 atom stereocenters. The fourth-order valence-electron chi connectivity index (χ4n) is 1.17. The van der Waals surface area contributed by atoms with Crippen LogP contribution in [0.1, 0.15) is 13.3 Å². The Hall–Kier alpha value is -0.740. The molecule has 1 aromatic carbocycles. The average molecular weight is 307 g/mol. The van der Waals surface area contributed by atoms with Crippen LogP contribution < -0.4 is 5.32 Å². The summed E-state index contributed by atoms with van der Waals surface area (Å²) >= 11 is 9.29. The van der Waals surface area contributed by atoms with Gasteiger partial charge < -0.3 is 10.1 Å². The van der Waals surface area contributed by atoms with Crippen LogP contribution in [0.4, 0.5) is 5.69 Å². The van der Waals surface area contributed by atoms with Crippen molar-refractivity contribution in [1.82, 2.24) is 0 Å². The Morgan fingerprint density at radius 2 is 2.31 bits per heavy atom. The van der Waals surface area contributed by atoms with Crippen LogP contribution >= 0.6 is 27.5 Å². The second kappa shape index (κ2) is 6.76. The summed E-state index contributed by atoms with van der Waals surface area (Å²) in [7, 11) is 0. The maximum Gasteiger partial charge on any atom is 0.307 e. The lowest BCUT2D eigenvalue weighted by atomic mass is 10.3. The van der Waals surface area contributed by atoms with Crippen LogP contribution in [0.5, 0.6) is 0 Å². The van der Waals surface area contributed by atoms with Gasteiger partial charge in [-0.25, -0.2) is 0 Å². The van der Waals surface area contributed by atoms with Gasteiger partial charge >= 0.3 is 5.97 Å². The number of halogens is 2. The zero-order chi connectivity index (χ0) is 12.0. The monoisotopic (exact) mass is 305 g/mol. The molecule has 0 unspecified atom stereocenters. The first-order valence-corrected chi connectivity index (χ1v) is 6.15. The molecule has 0 saturated heterocycles. The van der Waals surface area contributed by atoms with Gasteiger partial charge in [-0.1, -0.05) is 17.7 Å². The highest BCUT2D eigenvalue weighted by atomic mass is 79.9. The number of hydrogen-bond acceptors (Lipinski definition) is 3. The molecule has 0 radical (unpaired) electrons. The second-order valence-corrected chi connectivity index (χ2v) is 4.28. The van der Waals surface area contributed by atoms with E-state index in [9.17, 15) is 4.79 Å². The lowest BCUT2D eigenvalue weighted by molar-refractivity contribution is -0.142. The standard InChI is InChI=1S/C11H13BrClNO2/c1-2-16-10(15)6-7-14-9-5-3-4-8(13)11(9)12/h3-5,14H,2,6-7H2,1H3. The molecule has 0 amide bonds. The molecule has 0 saturated carbocycles. The highest BCUT2D eigenvalue weighted by Gasteiger charge is 2.04. The molecule has 0 heterocycles. The predicted molar refractivity (Wildman–Crippen MR) is 68.9 cm³/mol. The molecule has 16 heavy (non-hydrogen) atoms. The minimum Gasteiger partial charge on any atom is -0.466 e. The van der Waals surface area contributed by atoms with Crippen LogP contribution in [0.15, 0.2) is 22.7 Å². The van der Waals surface area contributed by atoms with Crippen molar-refractivity contribution in [3.63, 3.8) is 0 Å². The Morgan fingerprint density at radius 1 is 1.56 bits per heavy atom. The molecule has 88 valence electrons. The summed E-state index contributed by atoms with van der Waals surface area (Å²) in [4.78, 5) is 11.1. The summed E-state index contributed by atoms with van der Waals surface area (Å²) in [6, 6.07) is 5.53. The first-order valence-electron chi connectivity index (χ1n) is 4.98. The van der Waals surface area contributed by atoms with E-state index in [4.69, 9.17) is 16.3 Å². The first kappa shape index (κ1) is 13.3. The molecule has 0 aliphatic heterocycles. The van der Waals surface area contributed by atoms with Gasteiger partial charge in [-0.15, -0.1) is 0 Å². The van der Waals surface area contributed by atoms with Gasteiger partial charge in [0.2, 0.25) is 0 Å². The summed E-state index contributed by atoms with van der Waals surface area (Å²) < 4.78 is 5.62. The minimum atomic E-state index is -0.201. The lowest BCUT2D eigenvalue weighted by Gasteiger charge is -2.08. The van der Waals surface area contributed by atoms with Crippen molar-refractivity contribution < 1.29 is 9.53 Å². The number of esters is 1. The van der Waals surface area contributed by atoms with Crippen molar-refractivity contribution in [3.05, 3.63) is 27.7 Å². The third-order valence-electron chi connectivity index (χ3n) is 1.90. The third-order valence-corrected chi connectivity index (χ3v) is 3.30. The van der Waals surface area contributed by atoms with Crippen LogP contribution in [0.3, 0.4) is 0 Å². The van der Waals surface area contributed by atoms with E-state index in [1.165, 1.54) is 0 Å². The zero-order valence-electron chi connectivity index (χ0n) is 8.93. The number of carbonyl (C=O) groups is 1. The predicted octanol–water partition coefficient (Wildman–Crippen LogP) is 3.47. The van der Waals surface area contributed by atoms with Crippen molar-refractivity contribution in [2.45, 2.75) is 13.3 Å². The summed E-state index contributed by atoms with van der Waals surface area (Å²) in [6.45, 7) is 2.73. The third kappa shape index (κ3) is 4.02. The number of rotatable bonds is 5. The number of benzene rings is 1. The molecule has 0 aliphatic rings. The van der Waals surface area contributed by atoms with E-state index in [1.807, 2.05) is 12.1 Å². The highest BCUT2D eigenvalue weighted by molar-refractivity contribution is 9.10. The van der Waals surface area contributed by atoms with Crippen LogP contribution in [-0.4, -0.2) is 19.1 Å². The Morgan fingerprint density at radius 3 is 3.00 bits per heavy atom. The molecule has 0 aromatic heterocycles. The molecule has 0 fully saturated rings. The molecule has 0 spiro atoms. The SMILES string of the molecule is CCOC(=O)CCNc1cccc(Cl)c1Br. The van der Waals surface area contributed by atoms with Gasteiger partial charge in [0.05, 0.1) is 22.5 Å². The topological polar surface area (TPSA) is 38.3 Å². The van der Waals surface area contributed by atoms with E-state index in [0.717, 1.165) is 10.2 Å². The molecular formula is C11H13BrClNO2. The van der Waals surface area contributed by atoms with E-state index in [1.54, 1.807) is 13.0 Å². The Bertz CT molecular complexity index is 371. The molecule has 3 nitrogen and oxygen atoms in total. The molecule has 0 bridgehead atoms. The molecule has 1 rings (SSSR count). The van der Waals surface area contributed by atoms with Crippen LogP contribution in [-0.2, 0) is 9.53 Å². The van der Waals surface area contributed by atoms with E-state index in [2.05, 4.69) is 21.2 Å². The molecular weight excluding hydrogens is 293 g/mol. The van der Waals surface area contributed by atoms with E-state index >= 15 is 0 Å². The maximum atomic E-state index is 11.1. The van der Waals surface area contributed by atoms with Gasteiger partial charge in [-0.3, -0.25) is 4.79 Å². The summed E-state index contributed by atoms with van der Waals surface area (Å²) in [5, 5.41) is 3.75. The Kier molecular flexibility index (Phi) is 5.63. The number of carbonyl (C=O) groups excluding carboxylic acids is 1.